The second-order valence-corrected chi connectivity index (χ2v) is 16.2. The molecule has 0 unspecified atom stereocenters. The van der Waals surface area contributed by atoms with Crippen LogP contribution in [-0.2, 0) is 32.3 Å². The van der Waals surface area contributed by atoms with Gasteiger partial charge in [0.2, 0.25) is 0 Å². The van der Waals surface area contributed by atoms with Crippen LogP contribution >= 0.6 is 23.4 Å². The quantitative estimate of drug-likeness (QED) is 0.212. The molecule has 15 heteroatoms. The first kappa shape index (κ1) is 35.4. The van der Waals surface area contributed by atoms with E-state index in [4.69, 9.17) is 25.8 Å². The first-order valence-corrected chi connectivity index (χ1v) is 19.2. The van der Waals surface area contributed by atoms with Crippen LogP contribution in [0, 0.1) is 5.92 Å². The fourth-order valence-electron chi connectivity index (χ4n) is 5.68. The lowest BCUT2D eigenvalue weighted by Gasteiger charge is -2.27. The normalized spacial score (nSPS) is 19.8. The Hall–Kier alpha value is -3.46. The number of carbonyl (C=O) groups excluding carboxylic acids is 2. The van der Waals surface area contributed by atoms with Crippen molar-refractivity contribution in [3.05, 3.63) is 88.2 Å². The molecule has 2 atom stereocenters. The van der Waals surface area contributed by atoms with Crippen LogP contribution in [0.15, 0.2) is 60.9 Å². The number of ether oxygens (including phenoxy) is 3. The van der Waals surface area contributed by atoms with Crippen LogP contribution in [0.1, 0.15) is 46.0 Å². The molecule has 3 fully saturated rings. The summed E-state index contributed by atoms with van der Waals surface area (Å²) < 4.78 is 66.6. The van der Waals surface area contributed by atoms with E-state index >= 15 is 0 Å². The van der Waals surface area contributed by atoms with Gasteiger partial charge in [0.05, 0.1) is 23.1 Å². The molecule has 10 nitrogen and oxygen atoms in total. The van der Waals surface area contributed by atoms with Gasteiger partial charge in [-0.2, -0.15) is 8.78 Å². The van der Waals surface area contributed by atoms with Crippen LogP contribution < -0.4 is 9.47 Å². The predicted octanol–water partition coefficient (Wildman–Crippen LogP) is 5.40. The molecule has 1 saturated carbocycles. The third-order valence-electron chi connectivity index (χ3n) is 8.64. The highest BCUT2D eigenvalue weighted by atomic mass is 35.5. The molecular weight excluding hydrogens is 700 g/mol. The van der Waals surface area contributed by atoms with Crippen molar-refractivity contribution >= 4 is 45.1 Å². The maximum Gasteiger partial charge on any atom is 0.387 e. The number of halogens is 3. The van der Waals surface area contributed by atoms with Gasteiger partial charge >= 0.3 is 12.6 Å². The van der Waals surface area contributed by atoms with E-state index in [2.05, 4.69) is 9.88 Å². The standard InChI is InChI=1S/C34H36ClF2N3O7S2/c35-27-19-38-10-9-25(27)17-29(26-7-8-28(47-34(36)37)30(18-26)45-21-23-1-2-23)46-33(42)32-40(11-14-48-32)31(41)24-5-3-22(4-6-24)20-39-12-15-49(43,44)16-13-39/h3-10,18-19,23,29,32,34H,1-2,11-17,20-21H2/t29-,32-/m0/s1. The average Bonchev–Trinajstić information content (AvgIpc) is 3.78. The SMILES string of the molecule is O=C(O[C@@H](Cc1ccncc1Cl)c1ccc(OC(F)F)c(OCC2CC2)c1)[C@@H]1SCCN1C(=O)c1ccc(CN2CCS(=O)(=O)CC2)cc1. The van der Waals surface area contributed by atoms with Gasteiger partial charge in [-0.1, -0.05) is 29.8 Å². The second-order valence-electron chi connectivity index (χ2n) is 12.3. The molecule has 1 aromatic heterocycles. The summed E-state index contributed by atoms with van der Waals surface area (Å²) in [6, 6.07) is 13.3. The second kappa shape index (κ2) is 15.6. The molecule has 3 heterocycles. The summed E-state index contributed by atoms with van der Waals surface area (Å²) in [6.07, 6.45) is 4.29. The average molecular weight is 736 g/mol. The highest BCUT2D eigenvalue weighted by Crippen LogP contribution is 2.38. The lowest BCUT2D eigenvalue weighted by molar-refractivity contribution is -0.151. The van der Waals surface area contributed by atoms with E-state index in [-0.39, 0.29) is 35.3 Å². The van der Waals surface area contributed by atoms with Crippen molar-refractivity contribution in [2.45, 2.75) is 43.9 Å². The molecule has 1 amide bonds. The highest BCUT2D eigenvalue weighted by Gasteiger charge is 2.38. The summed E-state index contributed by atoms with van der Waals surface area (Å²) >= 11 is 7.72. The zero-order valence-electron chi connectivity index (χ0n) is 26.5. The van der Waals surface area contributed by atoms with Gasteiger partial charge in [0, 0.05) is 56.3 Å². The van der Waals surface area contributed by atoms with Crippen LogP contribution in [0.4, 0.5) is 8.78 Å². The number of nitrogens with zero attached hydrogens (tertiary/aromatic N) is 3. The number of hydrogen-bond acceptors (Lipinski definition) is 10. The summed E-state index contributed by atoms with van der Waals surface area (Å²) in [5.74, 6) is 0.201. The van der Waals surface area contributed by atoms with Crippen molar-refractivity contribution < 1.29 is 41.0 Å². The van der Waals surface area contributed by atoms with E-state index in [0.29, 0.717) is 66.2 Å². The Kier molecular flexibility index (Phi) is 11.3. The Balaban J connectivity index is 1.18. The number of aromatic nitrogens is 1. The Bertz CT molecular complexity index is 1750. The van der Waals surface area contributed by atoms with E-state index in [1.807, 2.05) is 12.1 Å². The molecule has 49 heavy (non-hydrogen) atoms. The lowest BCUT2D eigenvalue weighted by atomic mass is 10.0. The van der Waals surface area contributed by atoms with E-state index in [0.717, 1.165) is 18.4 Å². The number of hydrogen-bond donors (Lipinski definition) is 0. The largest absolute Gasteiger partial charge is 0.489 e. The Morgan fingerprint density at radius 2 is 1.78 bits per heavy atom. The van der Waals surface area contributed by atoms with E-state index in [9.17, 15) is 26.8 Å². The number of sulfone groups is 1. The smallest absolute Gasteiger partial charge is 0.387 e. The summed E-state index contributed by atoms with van der Waals surface area (Å²) in [4.78, 5) is 35.0. The summed E-state index contributed by atoms with van der Waals surface area (Å²) in [6.45, 7) is -0.850. The molecule has 0 spiro atoms. The number of benzene rings is 2. The molecule has 262 valence electrons. The third-order valence-corrected chi connectivity index (χ3v) is 11.8. The molecular formula is C34H36ClF2N3O7S2. The number of thioether (sulfide) groups is 1. The summed E-state index contributed by atoms with van der Waals surface area (Å²) in [5, 5.41) is -0.544. The third kappa shape index (κ3) is 9.41. The van der Waals surface area contributed by atoms with Gasteiger partial charge in [0.25, 0.3) is 5.91 Å². The maximum atomic E-state index is 13.8. The van der Waals surface area contributed by atoms with E-state index in [1.165, 1.54) is 28.9 Å². The molecule has 0 bridgehead atoms. The fraction of sp³-hybridized carbons (Fsp3) is 0.441. The Labute approximate surface area is 293 Å². The lowest BCUT2D eigenvalue weighted by Crippen LogP contribution is -2.41. The number of pyridine rings is 1. The van der Waals surface area contributed by atoms with Crippen molar-refractivity contribution in [1.29, 1.82) is 0 Å². The zero-order valence-corrected chi connectivity index (χ0v) is 28.9. The monoisotopic (exact) mass is 735 g/mol. The van der Waals surface area contributed by atoms with Crippen LogP contribution in [-0.4, -0.2) is 90.6 Å². The molecule has 2 aliphatic heterocycles. The van der Waals surface area contributed by atoms with Crippen LogP contribution in [0.5, 0.6) is 11.5 Å². The molecule has 1 aliphatic carbocycles. The molecule has 3 aliphatic rings. The fourth-order valence-corrected chi connectivity index (χ4v) is 8.25. The first-order chi connectivity index (χ1) is 23.5. The molecule has 6 rings (SSSR count). The van der Waals surface area contributed by atoms with Crippen molar-refractivity contribution in [3.63, 3.8) is 0 Å². The van der Waals surface area contributed by atoms with Gasteiger partial charge in [-0.3, -0.25) is 14.7 Å². The minimum Gasteiger partial charge on any atom is -0.489 e. The van der Waals surface area contributed by atoms with Gasteiger partial charge in [-0.25, -0.2) is 13.2 Å². The number of alkyl halides is 2. The van der Waals surface area contributed by atoms with Crippen molar-refractivity contribution in [2.75, 3.05) is 43.5 Å². The van der Waals surface area contributed by atoms with Crippen LogP contribution in [0.25, 0.3) is 0 Å². The number of esters is 1. The van der Waals surface area contributed by atoms with Crippen molar-refractivity contribution in [1.82, 2.24) is 14.8 Å². The zero-order chi connectivity index (χ0) is 34.5. The summed E-state index contributed by atoms with van der Waals surface area (Å²) in [7, 11) is -2.98. The van der Waals surface area contributed by atoms with Gasteiger partial charge < -0.3 is 19.1 Å². The highest BCUT2D eigenvalue weighted by molar-refractivity contribution is 8.00. The Morgan fingerprint density at radius 1 is 1.02 bits per heavy atom. The number of carbonyl (C=O) groups is 2. The Morgan fingerprint density at radius 3 is 2.47 bits per heavy atom. The van der Waals surface area contributed by atoms with Gasteiger partial charge in [0.15, 0.2) is 26.7 Å². The molecule has 2 aromatic carbocycles. The predicted molar refractivity (Wildman–Crippen MR) is 181 cm³/mol. The number of rotatable bonds is 13. The van der Waals surface area contributed by atoms with Gasteiger partial charge in [0.1, 0.15) is 6.10 Å². The van der Waals surface area contributed by atoms with Crippen LogP contribution in [0.3, 0.4) is 0 Å². The minimum absolute atomic E-state index is 0.118. The van der Waals surface area contributed by atoms with Gasteiger partial charge in [-0.15, -0.1) is 11.8 Å². The van der Waals surface area contributed by atoms with Crippen molar-refractivity contribution in [2.24, 2.45) is 5.92 Å². The first-order valence-electron chi connectivity index (χ1n) is 16.0. The van der Waals surface area contributed by atoms with Gasteiger partial charge in [-0.05, 0) is 65.8 Å². The summed E-state index contributed by atoms with van der Waals surface area (Å²) in [5.41, 5.74) is 2.50. The molecule has 3 aromatic rings. The molecule has 2 saturated heterocycles. The maximum absolute atomic E-state index is 13.8. The molecule has 0 radical (unpaired) electrons. The molecule has 0 N–H and O–H groups in total. The van der Waals surface area contributed by atoms with E-state index in [1.54, 1.807) is 36.5 Å². The number of amides is 1. The van der Waals surface area contributed by atoms with E-state index < -0.39 is 33.9 Å². The topological polar surface area (TPSA) is 115 Å². The minimum atomic E-state index is -3.05. The van der Waals surface area contributed by atoms with Crippen molar-refractivity contribution in [3.8, 4) is 11.5 Å². The van der Waals surface area contributed by atoms with Crippen LogP contribution in [0.2, 0.25) is 5.02 Å².